The topological polar surface area (TPSA) is 35.6 Å². The van der Waals surface area contributed by atoms with Crippen LogP contribution in [0, 0.1) is 0 Å². The van der Waals surface area contributed by atoms with Crippen molar-refractivity contribution in [3.8, 4) is 11.4 Å². The molecule has 0 saturated carbocycles. The first kappa shape index (κ1) is 19.4. The number of para-hydroxylation sites is 4. The van der Waals surface area contributed by atoms with Crippen molar-refractivity contribution >= 4 is 54.6 Å². The Kier molecular flexibility index (Phi) is 3.91. The average Bonchev–Trinajstić information content (AvgIpc) is 3.46. The molecule has 4 aromatic carbocycles. The molecule has 0 aliphatic carbocycles. The number of pyridine rings is 2. The summed E-state index contributed by atoms with van der Waals surface area (Å²) in [6.07, 6.45) is 3.91. The van der Waals surface area contributed by atoms with Gasteiger partial charge >= 0.3 is 0 Å². The molecule has 0 aliphatic rings. The fraction of sp³-hybridized carbons (Fsp3) is 0. The average molecular weight is 461 g/mol. The van der Waals surface area contributed by atoms with Crippen LogP contribution in [0.3, 0.4) is 0 Å². The summed E-state index contributed by atoms with van der Waals surface area (Å²) in [6, 6.07) is 38.4. The van der Waals surface area contributed by atoms with Crippen LogP contribution >= 0.6 is 0 Å². The molecule has 36 heavy (non-hydrogen) atoms. The predicted octanol–water partition coefficient (Wildman–Crippen LogP) is 7.82. The van der Waals surface area contributed by atoms with Gasteiger partial charge in [0.1, 0.15) is 0 Å². The van der Waals surface area contributed by atoms with Gasteiger partial charge in [-0.3, -0.25) is 9.97 Å². The molecule has 0 amide bonds. The van der Waals surface area contributed by atoms with E-state index in [1.165, 1.54) is 43.6 Å². The van der Waals surface area contributed by atoms with Gasteiger partial charge in [-0.05, 0) is 36.4 Å². The monoisotopic (exact) mass is 460 g/mol. The lowest BCUT2D eigenvalue weighted by atomic mass is 10.2. The number of aromatic nitrogens is 4. The Labute approximate surface area is 206 Å². The van der Waals surface area contributed by atoms with Crippen molar-refractivity contribution in [2.45, 2.75) is 0 Å². The van der Waals surface area contributed by atoms with Gasteiger partial charge in [-0.25, -0.2) is 0 Å². The zero-order chi connectivity index (χ0) is 23.6. The zero-order valence-corrected chi connectivity index (χ0v) is 19.3. The molecule has 4 aromatic heterocycles. The number of hydrogen-bond donors (Lipinski definition) is 0. The maximum absolute atomic E-state index is 4.88. The standard InChI is InChI=1S/C32H20N4/c1-5-13-29-23(9-1)24-10-2-6-14-30(24)35(29)21-17-27-28(33-19-21)18-22(20-34-27)36-31-15-7-3-11-25(31)26-12-4-8-16-32(26)36/h1-20H. The predicted molar refractivity (Wildman–Crippen MR) is 148 cm³/mol. The van der Waals surface area contributed by atoms with Crippen LogP contribution in [-0.4, -0.2) is 19.1 Å². The maximum Gasteiger partial charge on any atom is 0.0909 e. The molecule has 168 valence electrons. The van der Waals surface area contributed by atoms with Gasteiger partial charge in [0.05, 0.1) is 56.9 Å². The van der Waals surface area contributed by atoms with Gasteiger partial charge in [-0.2, -0.15) is 0 Å². The Bertz CT molecular complexity index is 1850. The molecule has 0 radical (unpaired) electrons. The molecular formula is C32H20N4. The molecule has 0 N–H and O–H groups in total. The van der Waals surface area contributed by atoms with Crippen molar-refractivity contribution in [2.75, 3.05) is 0 Å². The minimum Gasteiger partial charge on any atom is -0.308 e. The second-order valence-electron chi connectivity index (χ2n) is 9.16. The second-order valence-corrected chi connectivity index (χ2v) is 9.16. The summed E-state index contributed by atoms with van der Waals surface area (Å²) in [6.45, 7) is 0. The Morgan fingerprint density at radius 3 is 1.03 bits per heavy atom. The third-order valence-corrected chi connectivity index (χ3v) is 7.18. The lowest BCUT2D eigenvalue weighted by Crippen LogP contribution is -1.98. The summed E-state index contributed by atoms with van der Waals surface area (Å²) in [5.74, 6) is 0. The molecule has 0 aliphatic heterocycles. The number of nitrogens with zero attached hydrogens (tertiary/aromatic N) is 4. The fourth-order valence-corrected chi connectivity index (χ4v) is 5.63. The van der Waals surface area contributed by atoms with E-state index in [1.54, 1.807) is 0 Å². The maximum atomic E-state index is 4.88. The first-order chi connectivity index (χ1) is 17.9. The van der Waals surface area contributed by atoms with Gasteiger partial charge in [0, 0.05) is 21.5 Å². The van der Waals surface area contributed by atoms with E-state index < -0.39 is 0 Å². The number of fused-ring (bicyclic) bond motifs is 7. The highest BCUT2D eigenvalue weighted by molar-refractivity contribution is 6.10. The van der Waals surface area contributed by atoms with Crippen molar-refractivity contribution in [1.82, 2.24) is 19.1 Å². The van der Waals surface area contributed by atoms with Crippen molar-refractivity contribution in [3.05, 3.63) is 122 Å². The van der Waals surface area contributed by atoms with Crippen LogP contribution in [0.5, 0.6) is 0 Å². The number of benzene rings is 4. The number of rotatable bonds is 2. The molecular weight excluding hydrogens is 440 g/mol. The minimum absolute atomic E-state index is 0.874. The van der Waals surface area contributed by atoms with Crippen LogP contribution < -0.4 is 0 Å². The summed E-state index contributed by atoms with van der Waals surface area (Å²) in [7, 11) is 0. The van der Waals surface area contributed by atoms with E-state index in [9.17, 15) is 0 Å². The summed E-state index contributed by atoms with van der Waals surface area (Å²) in [5, 5.41) is 4.96. The summed E-state index contributed by atoms with van der Waals surface area (Å²) >= 11 is 0. The Hall–Kier alpha value is -4.96. The molecule has 0 unspecified atom stereocenters. The van der Waals surface area contributed by atoms with Crippen LogP contribution in [0.25, 0.3) is 66.0 Å². The lowest BCUT2D eigenvalue weighted by Gasteiger charge is -2.11. The first-order valence-electron chi connectivity index (χ1n) is 12.1. The first-order valence-corrected chi connectivity index (χ1v) is 12.1. The van der Waals surface area contributed by atoms with Crippen LogP contribution in [0.1, 0.15) is 0 Å². The molecule has 8 rings (SSSR count). The van der Waals surface area contributed by atoms with E-state index in [-0.39, 0.29) is 0 Å². The van der Waals surface area contributed by atoms with Crippen molar-refractivity contribution in [3.63, 3.8) is 0 Å². The van der Waals surface area contributed by atoms with Gasteiger partial charge in [0.25, 0.3) is 0 Å². The Morgan fingerprint density at radius 1 is 0.389 bits per heavy atom. The molecule has 0 spiro atoms. The summed E-state index contributed by atoms with van der Waals surface area (Å²) in [5.41, 5.74) is 8.44. The lowest BCUT2D eigenvalue weighted by molar-refractivity contribution is 1.13. The van der Waals surface area contributed by atoms with Crippen LogP contribution in [0.2, 0.25) is 0 Å². The normalized spacial score (nSPS) is 11.9. The molecule has 0 atom stereocenters. The third-order valence-electron chi connectivity index (χ3n) is 7.18. The van der Waals surface area contributed by atoms with Crippen molar-refractivity contribution in [1.29, 1.82) is 0 Å². The SMILES string of the molecule is c1ccc2c(c1)c1ccccc1n2-c1cnc2cc(-n3c4ccccc4c4ccccc43)cnc2c1. The Morgan fingerprint density at radius 2 is 0.694 bits per heavy atom. The molecule has 4 nitrogen and oxygen atoms in total. The summed E-state index contributed by atoms with van der Waals surface area (Å²) in [4.78, 5) is 9.77. The van der Waals surface area contributed by atoms with Crippen molar-refractivity contribution in [2.24, 2.45) is 0 Å². The van der Waals surface area contributed by atoms with Crippen molar-refractivity contribution < 1.29 is 0 Å². The molecule has 0 fully saturated rings. The smallest absolute Gasteiger partial charge is 0.0909 e. The molecule has 0 saturated heterocycles. The highest BCUT2D eigenvalue weighted by atomic mass is 15.0. The highest BCUT2D eigenvalue weighted by Crippen LogP contribution is 2.34. The fourth-order valence-electron chi connectivity index (χ4n) is 5.63. The third kappa shape index (κ3) is 2.64. The van der Waals surface area contributed by atoms with Crippen LogP contribution in [0.15, 0.2) is 122 Å². The number of hydrogen-bond acceptors (Lipinski definition) is 2. The van der Waals surface area contributed by atoms with Gasteiger partial charge in [0.2, 0.25) is 0 Å². The van der Waals surface area contributed by atoms with E-state index in [2.05, 4.69) is 118 Å². The van der Waals surface area contributed by atoms with E-state index in [4.69, 9.17) is 9.97 Å². The van der Waals surface area contributed by atoms with Crippen LogP contribution in [-0.2, 0) is 0 Å². The zero-order valence-electron chi connectivity index (χ0n) is 19.3. The minimum atomic E-state index is 0.874. The molecule has 4 heteroatoms. The quantitative estimate of drug-likeness (QED) is 0.264. The Balaban J connectivity index is 1.34. The molecule has 8 aromatic rings. The van der Waals surface area contributed by atoms with E-state index in [1.807, 2.05) is 12.4 Å². The van der Waals surface area contributed by atoms with E-state index >= 15 is 0 Å². The van der Waals surface area contributed by atoms with Gasteiger partial charge in [-0.1, -0.05) is 72.8 Å². The van der Waals surface area contributed by atoms with Gasteiger partial charge in [-0.15, -0.1) is 0 Å². The molecule has 4 heterocycles. The van der Waals surface area contributed by atoms with Gasteiger partial charge in [0.15, 0.2) is 0 Å². The van der Waals surface area contributed by atoms with Crippen LogP contribution in [0.4, 0.5) is 0 Å². The molecule has 0 bridgehead atoms. The second kappa shape index (κ2) is 7.27. The highest BCUT2D eigenvalue weighted by Gasteiger charge is 2.14. The van der Waals surface area contributed by atoms with E-state index in [0.29, 0.717) is 0 Å². The van der Waals surface area contributed by atoms with Gasteiger partial charge < -0.3 is 9.13 Å². The van der Waals surface area contributed by atoms with E-state index in [0.717, 1.165) is 22.4 Å². The summed E-state index contributed by atoms with van der Waals surface area (Å²) < 4.78 is 4.55. The largest absolute Gasteiger partial charge is 0.308 e.